The summed E-state index contributed by atoms with van der Waals surface area (Å²) in [5, 5.41) is 0.622. The molecule has 0 amide bonds. The summed E-state index contributed by atoms with van der Waals surface area (Å²) in [7, 11) is -3.75. The first-order valence-electron chi connectivity index (χ1n) is 5.49. The van der Waals surface area contributed by atoms with Crippen LogP contribution in [0.2, 0.25) is 10.2 Å². The molecular weight excluding hydrogens is 321 g/mol. The molecule has 0 aliphatic carbocycles. The zero-order valence-electron chi connectivity index (χ0n) is 10.4. The lowest BCUT2D eigenvalue weighted by Crippen LogP contribution is -2.13. The number of nitrogens with zero attached hydrogens (tertiary/aromatic N) is 1. The Hall–Kier alpha value is -1.50. The van der Waals surface area contributed by atoms with E-state index in [4.69, 9.17) is 28.9 Å². The molecule has 0 spiro atoms. The average Bonchev–Trinajstić information content (AvgIpc) is 2.37. The van der Waals surface area contributed by atoms with Crippen molar-refractivity contribution in [3.63, 3.8) is 0 Å². The minimum atomic E-state index is -3.75. The van der Waals surface area contributed by atoms with Crippen molar-refractivity contribution in [3.8, 4) is 0 Å². The second kappa shape index (κ2) is 5.47. The van der Waals surface area contributed by atoms with E-state index >= 15 is 0 Å². The van der Waals surface area contributed by atoms with E-state index in [9.17, 15) is 8.42 Å². The predicted molar refractivity (Wildman–Crippen MR) is 80.7 cm³/mol. The molecule has 0 atom stereocenters. The summed E-state index contributed by atoms with van der Waals surface area (Å²) in [6.45, 7) is 1.73. The van der Waals surface area contributed by atoms with Crippen molar-refractivity contribution in [1.82, 2.24) is 4.98 Å². The molecule has 2 rings (SSSR count). The Balaban J connectivity index is 2.35. The van der Waals surface area contributed by atoms with Gasteiger partial charge in [0.15, 0.2) is 0 Å². The fraction of sp³-hybridized carbons (Fsp3) is 0.0833. The molecule has 2 aromatic rings. The number of benzene rings is 1. The number of aromatic nitrogens is 1. The fourth-order valence-electron chi connectivity index (χ4n) is 1.52. The van der Waals surface area contributed by atoms with Crippen LogP contribution in [0, 0.1) is 6.92 Å². The second-order valence-corrected chi connectivity index (χ2v) is 6.57. The number of nitrogens with one attached hydrogen (secondary N) is 1. The van der Waals surface area contributed by atoms with Crippen LogP contribution in [-0.2, 0) is 10.0 Å². The van der Waals surface area contributed by atoms with Crippen LogP contribution in [0.15, 0.2) is 35.4 Å². The van der Waals surface area contributed by atoms with Gasteiger partial charge in [0, 0.05) is 0 Å². The number of hydrogen-bond acceptors (Lipinski definition) is 4. The summed E-state index contributed by atoms with van der Waals surface area (Å²) in [4.78, 5) is 3.90. The van der Waals surface area contributed by atoms with Gasteiger partial charge in [0.25, 0.3) is 10.0 Å². The molecular formula is C12H11Cl2N3O2S. The molecule has 1 heterocycles. The van der Waals surface area contributed by atoms with Crippen molar-refractivity contribution in [2.75, 3.05) is 10.5 Å². The Bertz CT molecular complexity index is 763. The Morgan fingerprint density at radius 1 is 1.25 bits per heavy atom. The molecule has 106 valence electrons. The minimum absolute atomic E-state index is 0.0204. The average molecular weight is 332 g/mol. The van der Waals surface area contributed by atoms with Gasteiger partial charge in [-0.2, -0.15) is 0 Å². The Morgan fingerprint density at radius 3 is 2.55 bits per heavy atom. The smallest absolute Gasteiger partial charge is 0.262 e. The number of pyridine rings is 1. The van der Waals surface area contributed by atoms with Gasteiger partial charge < -0.3 is 5.73 Å². The first-order valence-corrected chi connectivity index (χ1v) is 7.73. The van der Waals surface area contributed by atoms with Gasteiger partial charge in [-0.25, -0.2) is 13.4 Å². The molecule has 1 aromatic carbocycles. The maximum Gasteiger partial charge on any atom is 0.262 e. The lowest BCUT2D eigenvalue weighted by molar-refractivity contribution is 0.601. The van der Waals surface area contributed by atoms with E-state index in [0.717, 1.165) is 0 Å². The highest BCUT2D eigenvalue weighted by atomic mass is 35.5. The predicted octanol–water partition coefficient (Wildman–Crippen LogP) is 3.08. The second-order valence-electron chi connectivity index (χ2n) is 4.12. The van der Waals surface area contributed by atoms with Gasteiger partial charge >= 0.3 is 0 Å². The normalized spacial score (nSPS) is 11.3. The summed E-state index contributed by atoms with van der Waals surface area (Å²) in [5.74, 6) is 0. The third-order valence-corrected chi connectivity index (χ3v) is 4.66. The van der Waals surface area contributed by atoms with Gasteiger partial charge in [0.1, 0.15) is 5.15 Å². The summed E-state index contributed by atoms with van der Waals surface area (Å²) in [5.41, 5.74) is 6.78. The van der Waals surface area contributed by atoms with Crippen LogP contribution in [0.3, 0.4) is 0 Å². The van der Waals surface area contributed by atoms with Crippen molar-refractivity contribution >= 4 is 44.6 Å². The summed E-state index contributed by atoms with van der Waals surface area (Å²) in [6.07, 6.45) is 1.34. The van der Waals surface area contributed by atoms with Crippen LogP contribution in [0.5, 0.6) is 0 Å². The molecule has 8 heteroatoms. The number of rotatable bonds is 3. The van der Waals surface area contributed by atoms with Crippen molar-refractivity contribution in [2.45, 2.75) is 11.8 Å². The molecule has 0 fully saturated rings. The topological polar surface area (TPSA) is 85.1 Å². The van der Waals surface area contributed by atoms with Crippen molar-refractivity contribution in [3.05, 3.63) is 46.2 Å². The minimum Gasteiger partial charge on any atom is -0.397 e. The monoisotopic (exact) mass is 331 g/mol. The Labute approximate surface area is 126 Å². The fourth-order valence-corrected chi connectivity index (χ4v) is 2.81. The van der Waals surface area contributed by atoms with Crippen LogP contribution < -0.4 is 10.5 Å². The van der Waals surface area contributed by atoms with E-state index in [-0.39, 0.29) is 10.6 Å². The molecule has 1 aromatic heterocycles. The Morgan fingerprint density at radius 2 is 1.95 bits per heavy atom. The number of sulfonamides is 1. The molecule has 0 aliphatic heterocycles. The maximum atomic E-state index is 12.2. The zero-order valence-corrected chi connectivity index (χ0v) is 12.7. The van der Waals surface area contributed by atoms with Gasteiger partial charge in [-0.05, 0) is 36.8 Å². The zero-order chi connectivity index (χ0) is 14.9. The van der Waals surface area contributed by atoms with E-state index in [1.54, 1.807) is 13.0 Å². The number of anilines is 2. The molecule has 0 bridgehead atoms. The van der Waals surface area contributed by atoms with Crippen molar-refractivity contribution < 1.29 is 8.42 Å². The van der Waals surface area contributed by atoms with Gasteiger partial charge in [0.05, 0.1) is 27.5 Å². The van der Waals surface area contributed by atoms with E-state index in [0.29, 0.717) is 21.4 Å². The number of hydrogen-bond donors (Lipinski definition) is 2. The van der Waals surface area contributed by atoms with Crippen molar-refractivity contribution in [1.29, 1.82) is 0 Å². The Kier molecular flexibility index (Phi) is 4.08. The van der Waals surface area contributed by atoms with E-state index in [1.165, 1.54) is 24.4 Å². The highest BCUT2D eigenvalue weighted by molar-refractivity contribution is 7.92. The molecule has 5 nitrogen and oxygen atoms in total. The quantitative estimate of drug-likeness (QED) is 0.668. The molecule has 0 saturated carbocycles. The highest BCUT2D eigenvalue weighted by Crippen LogP contribution is 2.24. The molecule has 0 saturated heterocycles. The largest absolute Gasteiger partial charge is 0.397 e. The van der Waals surface area contributed by atoms with Crippen LogP contribution in [0.4, 0.5) is 11.4 Å². The highest BCUT2D eigenvalue weighted by Gasteiger charge is 2.16. The van der Waals surface area contributed by atoms with Gasteiger partial charge in [-0.1, -0.05) is 23.2 Å². The van der Waals surface area contributed by atoms with Gasteiger partial charge in [-0.15, -0.1) is 0 Å². The third-order valence-electron chi connectivity index (χ3n) is 2.54. The van der Waals surface area contributed by atoms with E-state index < -0.39 is 10.0 Å². The summed E-state index contributed by atoms with van der Waals surface area (Å²) >= 11 is 11.6. The van der Waals surface area contributed by atoms with Crippen molar-refractivity contribution in [2.24, 2.45) is 0 Å². The number of nitrogen functional groups attached to an aromatic ring is 1. The number of aryl methyl sites for hydroxylation is 1. The summed E-state index contributed by atoms with van der Waals surface area (Å²) < 4.78 is 26.8. The molecule has 20 heavy (non-hydrogen) atoms. The third kappa shape index (κ3) is 3.15. The SMILES string of the molecule is Cc1cc(NS(=O)(=O)c2ccc(Cl)c(N)c2)cnc1Cl. The van der Waals surface area contributed by atoms with E-state index in [1.807, 2.05) is 0 Å². The van der Waals surface area contributed by atoms with Gasteiger partial charge in [0.2, 0.25) is 0 Å². The van der Waals surface area contributed by atoms with E-state index in [2.05, 4.69) is 9.71 Å². The molecule has 3 N–H and O–H groups in total. The number of nitrogens with two attached hydrogens (primary N) is 1. The number of halogens is 2. The van der Waals surface area contributed by atoms with Crippen LogP contribution in [-0.4, -0.2) is 13.4 Å². The van der Waals surface area contributed by atoms with Crippen LogP contribution in [0.25, 0.3) is 0 Å². The van der Waals surface area contributed by atoms with Gasteiger partial charge in [-0.3, -0.25) is 4.72 Å². The van der Waals surface area contributed by atoms with Crippen LogP contribution >= 0.6 is 23.2 Å². The summed E-state index contributed by atoms with van der Waals surface area (Å²) in [6, 6.07) is 5.68. The first kappa shape index (κ1) is 14.9. The molecule has 0 aliphatic rings. The standard InChI is InChI=1S/C12H11Cl2N3O2S/c1-7-4-8(6-16-12(7)14)17-20(18,19)9-2-3-10(13)11(15)5-9/h2-6,17H,15H2,1H3. The maximum absolute atomic E-state index is 12.2. The molecule has 0 radical (unpaired) electrons. The lowest BCUT2D eigenvalue weighted by atomic mass is 10.3. The first-order chi connectivity index (χ1) is 9.29. The lowest BCUT2D eigenvalue weighted by Gasteiger charge is -2.09. The molecule has 0 unspecified atom stereocenters. The van der Waals surface area contributed by atoms with Crippen LogP contribution in [0.1, 0.15) is 5.56 Å².